The second kappa shape index (κ2) is 6.54. The van der Waals surface area contributed by atoms with E-state index in [1.807, 2.05) is 60.7 Å². The molecule has 0 N–H and O–H groups in total. The zero-order valence-electron chi connectivity index (χ0n) is 13.9. The maximum Gasteiger partial charge on any atom is 0.177 e. The molecule has 0 unspecified atom stereocenters. The van der Waals surface area contributed by atoms with Crippen LogP contribution in [0.4, 0.5) is 0 Å². The van der Waals surface area contributed by atoms with Gasteiger partial charge in [-0.3, -0.25) is 9.59 Å². The van der Waals surface area contributed by atoms with Crippen LogP contribution in [0.5, 0.6) is 0 Å². The van der Waals surface area contributed by atoms with Crippen molar-refractivity contribution in [3.8, 4) is 0 Å². The molecule has 24 heavy (non-hydrogen) atoms. The highest BCUT2D eigenvalue weighted by Crippen LogP contribution is 2.46. The van der Waals surface area contributed by atoms with Crippen LogP contribution in [0.3, 0.4) is 0 Å². The fourth-order valence-corrected chi connectivity index (χ4v) is 3.18. The fourth-order valence-electron chi connectivity index (χ4n) is 3.18. The van der Waals surface area contributed by atoms with E-state index in [1.54, 1.807) is 14.0 Å². The van der Waals surface area contributed by atoms with Gasteiger partial charge >= 0.3 is 0 Å². The Hall–Kier alpha value is -2.52. The molecule has 1 aliphatic carbocycles. The lowest BCUT2D eigenvalue weighted by atomic mass is 9.80. The first-order valence-electron chi connectivity index (χ1n) is 8.03. The van der Waals surface area contributed by atoms with E-state index in [9.17, 15) is 9.59 Å². The number of benzene rings is 2. The molecule has 1 aliphatic rings. The van der Waals surface area contributed by atoms with Crippen LogP contribution in [0, 0.1) is 5.41 Å². The number of ketones is 2. The van der Waals surface area contributed by atoms with Crippen LogP contribution in [0.2, 0.25) is 0 Å². The van der Waals surface area contributed by atoms with Gasteiger partial charge in [0.05, 0.1) is 5.41 Å². The number of Topliss-reactive ketones (excluding diaryl/α,β-unsaturated/α-hetero) is 2. The van der Waals surface area contributed by atoms with Crippen molar-refractivity contribution in [2.45, 2.75) is 13.3 Å². The summed E-state index contributed by atoms with van der Waals surface area (Å²) in [5.41, 5.74) is 1.55. The highest BCUT2D eigenvalue weighted by molar-refractivity contribution is 6.53. The maximum absolute atomic E-state index is 13.2. The lowest BCUT2D eigenvalue weighted by Gasteiger charge is -2.21. The van der Waals surface area contributed by atoms with Crippen LogP contribution in [0.25, 0.3) is 11.1 Å². The van der Waals surface area contributed by atoms with E-state index in [2.05, 4.69) is 0 Å². The van der Waals surface area contributed by atoms with Crippen molar-refractivity contribution in [2.75, 3.05) is 13.7 Å². The summed E-state index contributed by atoms with van der Waals surface area (Å²) in [6.45, 7) is 2.10. The van der Waals surface area contributed by atoms with Crippen molar-refractivity contribution in [3.05, 3.63) is 71.8 Å². The van der Waals surface area contributed by atoms with E-state index in [0.717, 1.165) is 11.1 Å². The van der Waals surface area contributed by atoms with Crippen LogP contribution in [-0.4, -0.2) is 25.3 Å². The van der Waals surface area contributed by atoms with Gasteiger partial charge in [-0.2, -0.15) is 0 Å². The first-order chi connectivity index (χ1) is 11.6. The highest BCUT2D eigenvalue weighted by Gasteiger charge is 2.50. The van der Waals surface area contributed by atoms with Crippen LogP contribution < -0.4 is 0 Å². The van der Waals surface area contributed by atoms with E-state index >= 15 is 0 Å². The van der Waals surface area contributed by atoms with Gasteiger partial charge in [-0.1, -0.05) is 60.7 Å². The Bertz CT molecular complexity index is 727. The predicted octanol–water partition coefficient (Wildman–Crippen LogP) is 3.79. The van der Waals surface area contributed by atoms with Crippen molar-refractivity contribution in [1.82, 2.24) is 0 Å². The van der Waals surface area contributed by atoms with Crippen molar-refractivity contribution in [3.63, 3.8) is 0 Å². The number of ether oxygens (including phenoxy) is 1. The second-order valence-corrected chi connectivity index (χ2v) is 6.22. The largest absolute Gasteiger partial charge is 0.385 e. The normalized spacial score (nSPS) is 16.8. The third kappa shape index (κ3) is 2.61. The van der Waals surface area contributed by atoms with Crippen molar-refractivity contribution in [1.29, 1.82) is 0 Å². The Morgan fingerprint density at radius 3 is 1.58 bits per heavy atom. The molecule has 0 saturated heterocycles. The van der Waals surface area contributed by atoms with Crippen molar-refractivity contribution in [2.24, 2.45) is 5.41 Å². The summed E-state index contributed by atoms with van der Waals surface area (Å²) in [4.78, 5) is 26.4. The van der Waals surface area contributed by atoms with E-state index in [4.69, 9.17) is 4.74 Å². The molecule has 0 bridgehead atoms. The zero-order chi connectivity index (χ0) is 17.2. The molecule has 0 amide bonds. The molecule has 0 aliphatic heterocycles. The average molecular weight is 320 g/mol. The standard InChI is InChI=1S/C21H20O3/c1-21(13-14-24-2)19(22)17(15-9-5-3-6-10-15)18(20(21)23)16-11-7-4-8-12-16/h3-12H,13-14H2,1-2H3. The molecule has 2 aromatic carbocycles. The first kappa shape index (κ1) is 16.3. The van der Waals surface area contributed by atoms with Crippen LogP contribution in [0.15, 0.2) is 60.7 Å². The number of hydrogen-bond donors (Lipinski definition) is 0. The van der Waals surface area contributed by atoms with Gasteiger partial charge in [0, 0.05) is 24.9 Å². The van der Waals surface area contributed by atoms with Gasteiger partial charge < -0.3 is 4.74 Å². The van der Waals surface area contributed by atoms with Crippen molar-refractivity contribution >= 4 is 22.7 Å². The summed E-state index contributed by atoms with van der Waals surface area (Å²) in [7, 11) is 1.58. The molecule has 122 valence electrons. The van der Waals surface area contributed by atoms with Crippen LogP contribution >= 0.6 is 0 Å². The van der Waals surface area contributed by atoms with E-state index < -0.39 is 5.41 Å². The minimum Gasteiger partial charge on any atom is -0.385 e. The number of methoxy groups -OCH3 is 1. The summed E-state index contributed by atoms with van der Waals surface area (Å²) < 4.78 is 5.12. The molecule has 0 fully saturated rings. The molecule has 0 aromatic heterocycles. The molecule has 0 atom stereocenters. The first-order valence-corrected chi connectivity index (χ1v) is 8.03. The third-order valence-corrected chi connectivity index (χ3v) is 4.64. The van der Waals surface area contributed by atoms with Gasteiger partial charge in [-0.15, -0.1) is 0 Å². The Labute approximate surface area is 142 Å². The van der Waals surface area contributed by atoms with Gasteiger partial charge in [-0.25, -0.2) is 0 Å². The van der Waals surface area contributed by atoms with E-state index in [1.165, 1.54) is 0 Å². The number of allylic oxidation sites excluding steroid dienone is 2. The van der Waals surface area contributed by atoms with E-state index in [0.29, 0.717) is 24.2 Å². The molecular weight excluding hydrogens is 300 g/mol. The summed E-state index contributed by atoms with van der Waals surface area (Å²) in [5.74, 6) is -0.232. The SMILES string of the molecule is COCCC1(C)C(=O)C(c2ccccc2)=C(c2ccccc2)C1=O. The fraction of sp³-hybridized carbons (Fsp3) is 0.238. The lowest BCUT2D eigenvalue weighted by molar-refractivity contribution is -0.132. The monoisotopic (exact) mass is 320 g/mol. The summed E-state index contributed by atoms with van der Waals surface area (Å²) in [6.07, 6.45) is 0.383. The van der Waals surface area contributed by atoms with Crippen LogP contribution in [0.1, 0.15) is 24.5 Å². The predicted molar refractivity (Wildman–Crippen MR) is 94.3 cm³/mol. The summed E-state index contributed by atoms with van der Waals surface area (Å²) >= 11 is 0. The summed E-state index contributed by atoms with van der Waals surface area (Å²) in [5, 5.41) is 0. The van der Waals surface area contributed by atoms with Crippen molar-refractivity contribution < 1.29 is 14.3 Å². The Morgan fingerprint density at radius 1 is 0.792 bits per heavy atom. The lowest BCUT2D eigenvalue weighted by Crippen LogP contribution is -2.32. The van der Waals surface area contributed by atoms with Gasteiger partial charge in [0.1, 0.15) is 0 Å². The number of rotatable bonds is 5. The number of carbonyl (C=O) groups is 2. The maximum atomic E-state index is 13.2. The van der Waals surface area contributed by atoms with Crippen LogP contribution in [-0.2, 0) is 14.3 Å². The molecule has 2 aromatic rings. The minimum atomic E-state index is -1.06. The Morgan fingerprint density at radius 2 is 1.21 bits per heavy atom. The second-order valence-electron chi connectivity index (χ2n) is 6.22. The molecule has 0 saturated carbocycles. The third-order valence-electron chi connectivity index (χ3n) is 4.64. The van der Waals surface area contributed by atoms with Gasteiger partial charge in [-0.05, 0) is 24.5 Å². The molecule has 3 rings (SSSR count). The topological polar surface area (TPSA) is 43.4 Å². The number of hydrogen-bond acceptors (Lipinski definition) is 3. The highest BCUT2D eigenvalue weighted by atomic mass is 16.5. The summed E-state index contributed by atoms with van der Waals surface area (Å²) in [6, 6.07) is 18.9. The molecule has 0 heterocycles. The van der Waals surface area contributed by atoms with Gasteiger partial charge in [0.2, 0.25) is 0 Å². The zero-order valence-corrected chi connectivity index (χ0v) is 13.9. The molecule has 0 radical (unpaired) electrons. The smallest absolute Gasteiger partial charge is 0.177 e. The average Bonchev–Trinajstić information content (AvgIpc) is 2.83. The van der Waals surface area contributed by atoms with Gasteiger partial charge in [0.15, 0.2) is 11.6 Å². The molecule has 3 heteroatoms. The Kier molecular flexibility index (Phi) is 4.45. The van der Waals surface area contributed by atoms with E-state index in [-0.39, 0.29) is 11.6 Å². The minimum absolute atomic E-state index is 0.116. The molecule has 0 spiro atoms. The Balaban J connectivity index is 2.19. The molecule has 3 nitrogen and oxygen atoms in total. The molecular formula is C21H20O3. The quantitative estimate of drug-likeness (QED) is 0.787. The number of carbonyl (C=O) groups excluding carboxylic acids is 2. The van der Waals surface area contributed by atoms with Gasteiger partial charge in [0.25, 0.3) is 0 Å².